The van der Waals surface area contributed by atoms with E-state index >= 15 is 0 Å². The molecular formula is C10H8O2. The molecule has 2 nitrogen and oxygen atoms in total. The molecule has 0 atom stereocenters. The summed E-state index contributed by atoms with van der Waals surface area (Å²) in [6.45, 7) is 0.593. The van der Waals surface area contributed by atoms with Crippen LogP contribution in [0.4, 0.5) is 0 Å². The van der Waals surface area contributed by atoms with Gasteiger partial charge in [0.1, 0.15) is 12.4 Å². The van der Waals surface area contributed by atoms with Crippen molar-refractivity contribution in [3.05, 3.63) is 35.4 Å². The van der Waals surface area contributed by atoms with Crippen molar-refractivity contribution in [1.29, 1.82) is 0 Å². The minimum atomic E-state index is 0.593. The largest absolute Gasteiger partial charge is 0.489 e. The molecule has 0 radical (unpaired) electrons. The molecule has 12 heavy (non-hydrogen) atoms. The molecule has 0 saturated carbocycles. The molecule has 0 spiro atoms. The first-order valence-electron chi connectivity index (χ1n) is 3.79. The summed E-state index contributed by atoms with van der Waals surface area (Å²) in [4.78, 5) is 10.6. The first-order valence-corrected chi connectivity index (χ1v) is 3.79. The summed E-state index contributed by atoms with van der Waals surface area (Å²) in [5.41, 5.74) is 1.57. The van der Waals surface area contributed by atoms with Crippen molar-refractivity contribution in [3.63, 3.8) is 0 Å². The summed E-state index contributed by atoms with van der Waals surface area (Å²) in [5.74, 6) is 0.794. The van der Waals surface area contributed by atoms with Crippen molar-refractivity contribution < 1.29 is 9.53 Å². The van der Waals surface area contributed by atoms with Gasteiger partial charge in [-0.1, -0.05) is 18.2 Å². The topological polar surface area (TPSA) is 26.3 Å². The Kier molecular flexibility index (Phi) is 1.67. The summed E-state index contributed by atoms with van der Waals surface area (Å²) in [7, 11) is 0. The molecule has 2 rings (SSSR count). The number of benzene rings is 1. The molecule has 0 amide bonds. The van der Waals surface area contributed by atoms with E-state index in [1.54, 1.807) is 6.07 Å². The molecule has 0 unspecified atom stereocenters. The highest BCUT2D eigenvalue weighted by Crippen LogP contribution is 2.25. The van der Waals surface area contributed by atoms with Crippen LogP contribution >= 0.6 is 0 Å². The van der Waals surface area contributed by atoms with Crippen molar-refractivity contribution in [2.45, 2.75) is 0 Å². The monoisotopic (exact) mass is 160 g/mol. The molecule has 0 aliphatic carbocycles. The summed E-state index contributed by atoms with van der Waals surface area (Å²) < 4.78 is 5.32. The average molecular weight is 160 g/mol. The highest BCUT2D eigenvalue weighted by molar-refractivity contribution is 5.84. The fourth-order valence-electron chi connectivity index (χ4n) is 1.27. The van der Waals surface area contributed by atoms with Crippen LogP contribution in [0.15, 0.2) is 24.3 Å². The van der Waals surface area contributed by atoms with Crippen LogP contribution in [0.3, 0.4) is 0 Å². The van der Waals surface area contributed by atoms with Crippen molar-refractivity contribution >= 4 is 12.4 Å². The number of ether oxygens (including phenoxy) is 1. The number of hydrogen-bond acceptors (Lipinski definition) is 2. The maximum absolute atomic E-state index is 10.6. The maximum atomic E-state index is 10.6. The Morgan fingerprint density at radius 3 is 3.17 bits per heavy atom. The van der Waals surface area contributed by atoms with Gasteiger partial charge in [0.2, 0.25) is 0 Å². The lowest BCUT2D eigenvalue weighted by Crippen LogP contribution is -2.02. The van der Waals surface area contributed by atoms with E-state index in [2.05, 4.69) is 0 Å². The number of carbonyl (C=O) groups is 1. The number of rotatable bonds is 1. The van der Waals surface area contributed by atoms with Crippen LogP contribution in [0.25, 0.3) is 6.08 Å². The van der Waals surface area contributed by atoms with Gasteiger partial charge in [-0.05, 0) is 12.1 Å². The molecule has 60 valence electrons. The lowest BCUT2D eigenvalue weighted by atomic mass is 10.1. The second kappa shape index (κ2) is 2.81. The molecule has 0 N–H and O–H groups in total. The van der Waals surface area contributed by atoms with Crippen LogP contribution in [-0.4, -0.2) is 12.9 Å². The Morgan fingerprint density at radius 2 is 2.33 bits per heavy atom. The summed E-state index contributed by atoms with van der Waals surface area (Å²) in [5, 5.41) is 0. The Bertz CT molecular complexity index is 340. The van der Waals surface area contributed by atoms with E-state index in [4.69, 9.17) is 4.74 Å². The molecule has 0 aromatic heterocycles. The zero-order chi connectivity index (χ0) is 8.39. The Morgan fingerprint density at radius 1 is 1.42 bits per heavy atom. The molecule has 1 aromatic carbocycles. The number of carbonyl (C=O) groups excluding carboxylic acids is 1. The zero-order valence-electron chi connectivity index (χ0n) is 6.49. The van der Waals surface area contributed by atoms with Crippen LogP contribution in [0.5, 0.6) is 5.75 Å². The molecule has 1 aromatic rings. The minimum Gasteiger partial charge on any atom is -0.489 e. The second-order valence-electron chi connectivity index (χ2n) is 2.59. The van der Waals surface area contributed by atoms with Crippen molar-refractivity contribution in [1.82, 2.24) is 0 Å². The fraction of sp³-hybridized carbons (Fsp3) is 0.100. The molecule has 1 aliphatic heterocycles. The third kappa shape index (κ3) is 1.01. The van der Waals surface area contributed by atoms with Crippen LogP contribution in [0, 0.1) is 0 Å². The lowest BCUT2D eigenvalue weighted by molar-refractivity contribution is 0.112. The first-order chi connectivity index (χ1) is 5.92. The van der Waals surface area contributed by atoms with E-state index < -0.39 is 0 Å². The first kappa shape index (κ1) is 7.10. The molecule has 0 saturated heterocycles. The Hall–Kier alpha value is -1.57. The molecule has 2 heteroatoms. The highest BCUT2D eigenvalue weighted by Gasteiger charge is 2.08. The van der Waals surface area contributed by atoms with Crippen LogP contribution in [0.1, 0.15) is 15.9 Å². The van der Waals surface area contributed by atoms with Crippen LogP contribution in [-0.2, 0) is 0 Å². The van der Waals surface area contributed by atoms with Gasteiger partial charge in [0.15, 0.2) is 6.29 Å². The summed E-state index contributed by atoms with van der Waals surface area (Å²) in [6.07, 6.45) is 4.66. The summed E-state index contributed by atoms with van der Waals surface area (Å²) >= 11 is 0. The molecule has 0 fully saturated rings. The minimum absolute atomic E-state index is 0.593. The third-order valence-corrected chi connectivity index (χ3v) is 1.85. The standard InChI is InChI=1S/C10H8O2/c11-7-8-3-1-5-10-9(8)4-2-6-12-10/h1-5,7H,6H2. The predicted molar refractivity (Wildman–Crippen MR) is 46.4 cm³/mol. The van der Waals surface area contributed by atoms with Gasteiger partial charge in [-0.3, -0.25) is 4.79 Å². The van der Waals surface area contributed by atoms with Crippen molar-refractivity contribution in [3.8, 4) is 5.75 Å². The maximum Gasteiger partial charge on any atom is 0.150 e. The molecule has 1 aliphatic rings. The summed E-state index contributed by atoms with van der Waals surface area (Å²) in [6, 6.07) is 5.47. The molecule has 0 bridgehead atoms. The SMILES string of the molecule is O=Cc1cccc2c1C=CCO2. The van der Waals surface area contributed by atoms with Gasteiger partial charge in [-0.25, -0.2) is 0 Å². The molecule has 1 heterocycles. The lowest BCUT2D eigenvalue weighted by Gasteiger charge is -2.12. The second-order valence-corrected chi connectivity index (χ2v) is 2.59. The van der Waals surface area contributed by atoms with Crippen molar-refractivity contribution in [2.75, 3.05) is 6.61 Å². The fourth-order valence-corrected chi connectivity index (χ4v) is 1.27. The van der Waals surface area contributed by atoms with Crippen molar-refractivity contribution in [2.24, 2.45) is 0 Å². The number of fused-ring (bicyclic) bond motifs is 1. The predicted octanol–water partition coefficient (Wildman–Crippen LogP) is 1.90. The van der Waals surface area contributed by atoms with E-state index in [9.17, 15) is 4.79 Å². The molecular weight excluding hydrogens is 152 g/mol. The van der Waals surface area contributed by atoms with Gasteiger partial charge >= 0.3 is 0 Å². The van der Waals surface area contributed by atoms with E-state index in [1.165, 1.54) is 0 Å². The van der Waals surface area contributed by atoms with Gasteiger partial charge in [-0.2, -0.15) is 0 Å². The van der Waals surface area contributed by atoms with E-state index in [0.29, 0.717) is 12.2 Å². The highest BCUT2D eigenvalue weighted by atomic mass is 16.5. The number of hydrogen-bond donors (Lipinski definition) is 0. The average Bonchev–Trinajstić information content (AvgIpc) is 2.17. The van der Waals surface area contributed by atoms with Gasteiger partial charge in [0.25, 0.3) is 0 Å². The number of aldehydes is 1. The van der Waals surface area contributed by atoms with E-state index in [0.717, 1.165) is 17.6 Å². The normalized spacial score (nSPS) is 13.3. The van der Waals surface area contributed by atoms with Crippen LogP contribution in [0.2, 0.25) is 0 Å². The Balaban J connectivity index is 2.61. The van der Waals surface area contributed by atoms with Gasteiger partial charge in [-0.15, -0.1) is 0 Å². The smallest absolute Gasteiger partial charge is 0.150 e. The zero-order valence-corrected chi connectivity index (χ0v) is 6.49. The van der Waals surface area contributed by atoms with E-state index in [-0.39, 0.29) is 0 Å². The van der Waals surface area contributed by atoms with Gasteiger partial charge in [0.05, 0.1) is 0 Å². The van der Waals surface area contributed by atoms with Crippen LogP contribution < -0.4 is 4.74 Å². The van der Waals surface area contributed by atoms with Gasteiger partial charge < -0.3 is 4.74 Å². The van der Waals surface area contributed by atoms with Gasteiger partial charge in [0, 0.05) is 11.1 Å². The quantitative estimate of drug-likeness (QED) is 0.586. The third-order valence-electron chi connectivity index (χ3n) is 1.85. The Labute approximate surface area is 70.5 Å². The van der Waals surface area contributed by atoms with E-state index in [1.807, 2.05) is 24.3 Å².